The molecule has 0 amide bonds. The van der Waals surface area contributed by atoms with Crippen molar-refractivity contribution in [2.24, 2.45) is 12.0 Å². The second kappa shape index (κ2) is 8.31. The van der Waals surface area contributed by atoms with Crippen molar-refractivity contribution in [3.8, 4) is 0 Å². The van der Waals surface area contributed by atoms with Gasteiger partial charge in [-0.1, -0.05) is 6.92 Å². The van der Waals surface area contributed by atoms with Crippen LogP contribution in [0.5, 0.6) is 0 Å². The van der Waals surface area contributed by atoms with Gasteiger partial charge < -0.3 is 19.7 Å². The lowest BCUT2D eigenvalue weighted by Crippen LogP contribution is -2.53. The molecule has 0 radical (unpaired) electrons. The van der Waals surface area contributed by atoms with E-state index < -0.39 is 0 Å². The van der Waals surface area contributed by atoms with Gasteiger partial charge in [0.1, 0.15) is 5.01 Å². The number of piperazine rings is 1. The van der Waals surface area contributed by atoms with Crippen molar-refractivity contribution in [2.45, 2.75) is 19.9 Å². The number of aromatic nitrogens is 3. The molecule has 0 unspecified atom stereocenters. The van der Waals surface area contributed by atoms with Crippen LogP contribution in [-0.2, 0) is 20.0 Å². The van der Waals surface area contributed by atoms with Gasteiger partial charge in [0.25, 0.3) is 5.56 Å². The molecule has 0 spiro atoms. The van der Waals surface area contributed by atoms with Gasteiger partial charge in [-0.05, 0) is 6.42 Å². The van der Waals surface area contributed by atoms with Crippen LogP contribution in [0.25, 0.3) is 0 Å². The van der Waals surface area contributed by atoms with E-state index in [0.717, 1.165) is 43.6 Å². The van der Waals surface area contributed by atoms with E-state index in [4.69, 9.17) is 0 Å². The topological polar surface area (TPSA) is 78.7 Å². The Hall–Kier alpha value is -2.42. The maximum atomic E-state index is 12.2. The molecule has 1 aliphatic rings. The number of aliphatic imine (C=N–C) groups is 1. The molecule has 140 valence electrons. The number of nitrogens with zero attached hydrogens (tertiary/aromatic N) is 6. The first kappa shape index (κ1) is 18.4. The quantitative estimate of drug-likeness (QED) is 0.626. The molecule has 26 heavy (non-hydrogen) atoms. The fraction of sp³-hybridized carbons (Fsp3) is 0.529. The number of nitrogens with one attached hydrogen (secondary N) is 1. The van der Waals surface area contributed by atoms with E-state index >= 15 is 0 Å². The zero-order chi connectivity index (χ0) is 18.5. The molecule has 2 aromatic rings. The molecule has 8 nitrogen and oxygen atoms in total. The molecule has 1 N–H and O–H groups in total. The Balaban J connectivity index is 1.57. The lowest BCUT2D eigenvalue weighted by Gasteiger charge is -2.36. The third-order valence-electron chi connectivity index (χ3n) is 4.44. The standard InChI is InChI=1S/C17H25N7OS/c1-4-13-11-20-14(26-13)12-21-17(18-2)24-9-7-23(8-10-24)15-16(25)22(3)6-5-19-15/h5-6,11H,4,7-10,12H2,1-3H3,(H,18,21). The molecule has 1 aliphatic heterocycles. The Bertz CT molecular complexity index is 821. The van der Waals surface area contributed by atoms with E-state index in [0.29, 0.717) is 12.4 Å². The molecule has 1 fully saturated rings. The first-order chi connectivity index (χ1) is 12.6. The summed E-state index contributed by atoms with van der Waals surface area (Å²) in [6, 6.07) is 0. The van der Waals surface area contributed by atoms with Gasteiger partial charge >= 0.3 is 0 Å². The predicted molar refractivity (Wildman–Crippen MR) is 105 cm³/mol. The van der Waals surface area contributed by atoms with E-state index in [1.54, 1.807) is 42.4 Å². The number of guanidine groups is 1. The van der Waals surface area contributed by atoms with Crippen molar-refractivity contribution >= 4 is 23.1 Å². The summed E-state index contributed by atoms with van der Waals surface area (Å²) >= 11 is 1.73. The summed E-state index contributed by atoms with van der Waals surface area (Å²) in [4.78, 5) is 30.9. The largest absolute Gasteiger partial charge is 0.350 e. The molecule has 3 rings (SSSR count). The van der Waals surface area contributed by atoms with Gasteiger partial charge in [-0.15, -0.1) is 11.3 Å². The molecule has 0 saturated carbocycles. The number of hydrogen-bond donors (Lipinski definition) is 1. The van der Waals surface area contributed by atoms with Crippen LogP contribution in [0.2, 0.25) is 0 Å². The normalized spacial score (nSPS) is 15.4. The molecule has 3 heterocycles. The lowest BCUT2D eigenvalue weighted by atomic mass is 10.3. The van der Waals surface area contributed by atoms with Crippen LogP contribution < -0.4 is 15.8 Å². The summed E-state index contributed by atoms with van der Waals surface area (Å²) < 4.78 is 1.56. The molecule has 9 heteroatoms. The number of rotatable bonds is 4. The number of aryl methyl sites for hydroxylation is 2. The second-order valence-electron chi connectivity index (χ2n) is 6.12. The molecular formula is C17H25N7OS. The van der Waals surface area contributed by atoms with E-state index in [1.807, 2.05) is 11.1 Å². The van der Waals surface area contributed by atoms with Crippen LogP contribution in [-0.4, -0.2) is 58.6 Å². The maximum Gasteiger partial charge on any atom is 0.293 e. The zero-order valence-corrected chi connectivity index (χ0v) is 16.3. The zero-order valence-electron chi connectivity index (χ0n) is 15.5. The maximum absolute atomic E-state index is 12.2. The fourth-order valence-electron chi connectivity index (χ4n) is 2.91. The molecule has 0 bridgehead atoms. The molecule has 0 aromatic carbocycles. The Morgan fingerprint density at radius 1 is 1.31 bits per heavy atom. The molecular weight excluding hydrogens is 350 g/mol. The van der Waals surface area contributed by atoms with Crippen LogP contribution >= 0.6 is 11.3 Å². The van der Waals surface area contributed by atoms with Gasteiger partial charge in [0.15, 0.2) is 11.8 Å². The Labute approximate surface area is 157 Å². The van der Waals surface area contributed by atoms with Gasteiger partial charge in [0, 0.05) is 63.7 Å². The van der Waals surface area contributed by atoms with Crippen LogP contribution in [0.1, 0.15) is 16.8 Å². The van der Waals surface area contributed by atoms with Crippen LogP contribution in [0.4, 0.5) is 5.82 Å². The molecule has 1 saturated heterocycles. The summed E-state index contributed by atoms with van der Waals surface area (Å²) in [5, 5.41) is 4.46. The summed E-state index contributed by atoms with van der Waals surface area (Å²) in [5.41, 5.74) is -0.0565. The fourth-order valence-corrected chi connectivity index (χ4v) is 3.71. The predicted octanol–water partition coefficient (Wildman–Crippen LogP) is 0.697. The minimum Gasteiger partial charge on any atom is -0.350 e. The first-order valence-electron chi connectivity index (χ1n) is 8.78. The Morgan fingerprint density at radius 2 is 2.08 bits per heavy atom. The van der Waals surface area contributed by atoms with E-state index in [9.17, 15) is 4.79 Å². The third-order valence-corrected chi connectivity index (χ3v) is 5.58. The summed E-state index contributed by atoms with van der Waals surface area (Å²) in [7, 11) is 3.54. The summed E-state index contributed by atoms with van der Waals surface area (Å²) in [5.74, 6) is 1.39. The number of anilines is 1. The van der Waals surface area contributed by atoms with Crippen LogP contribution in [0, 0.1) is 0 Å². The minimum absolute atomic E-state index is 0.0565. The van der Waals surface area contributed by atoms with Gasteiger partial charge in [-0.25, -0.2) is 9.97 Å². The van der Waals surface area contributed by atoms with Crippen LogP contribution in [0.3, 0.4) is 0 Å². The lowest BCUT2D eigenvalue weighted by molar-refractivity contribution is 0.370. The smallest absolute Gasteiger partial charge is 0.293 e. The molecule has 0 aliphatic carbocycles. The van der Waals surface area contributed by atoms with Crippen molar-refractivity contribution in [1.82, 2.24) is 24.8 Å². The number of thiazole rings is 1. The van der Waals surface area contributed by atoms with Crippen molar-refractivity contribution < 1.29 is 0 Å². The average molecular weight is 376 g/mol. The first-order valence-corrected chi connectivity index (χ1v) is 9.59. The average Bonchev–Trinajstić information content (AvgIpc) is 3.13. The monoisotopic (exact) mass is 375 g/mol. The van der Waals surface area contributed by atoms with Crippen LogP contribution in [0.15, 0.2) is 28.4 Å². The van der Waals surface area contributed by atoms with E-state index in [2.05, 4.69) is 32.1 Å². The van der Waals surface area contributed by atoms with Gasteiger partial charge in [0.05, 0.1) is 6.54 Å². The SMILES string of the molecule is CCc1cnc(CNC(=NC)N2CCN(c3nccn(C)c3=O)CC2)s1. The highest BCUT2D eigenvalue weighted by Crippen LogP contribution is 2.13. The van der Waals surface area contributed by atoms with Crippen molar-refractivity contribution in [3.05, 3.63) is 38.8 Å². The van der Waals surface area contributed by atoms with E-state index in [1.165, 1.54) is 4.88 Å². The highest BCUT2D eigenvalue weighted by molar-refractivity contribution is 7.11. The van der Waals surface area contributed by atoms with Crippen molar-refractivity contribution in [2.75, 3.05) is 38.1 Å². The van der Waals surface area contributed by atoms with Gasteiger partial charge in [-0.3, -0.25) is 9.79 Å². The van der Waals surface area contributed by atoms with E-state index in [-0.39, 0.29) is 5.56 Å². The Morgan fingerprint density at radius 3 is 2.73 bits per heavy atom. The minimum atomic E-state index is -0.0565. The Kier molecular flexibility index (Phi) is 5.87. The molecule has 2 aromatic heterocycles. The third kappa shape index (κ3) is 4.04. The van der Waals surface area contributed by atoms with Crippen molar-refractivity contribution in [3.63, 3.8) is 0 Å². The van der Waals surface area contributed by atoms with Gasteiger partial charge in [0.2, 0.25) is 0 Å². The van der Waals surface area contributed by atoms with Gasteiger partial charge in [-0.2, -0.15) is 0 Å². The summed E-state index contributed by atoms with van der Waals surface area (Å²) in [6.07, 6.45) is 6.30. The second-order valence-corrected chi connectivity index (χ2v) is 7.32. The highest BCUT2D eigenvalue weighted by Gasteiger charge is 2.22. The summed E-state index contributed by atoms with van der Waals surface area (Å²) in [6.45, 7) is 5.87. The van der Waals surface area contributed by atoms with Crippen molar-refractivity contribution in [1.29, 1.82) is 0 Å². The highest BCUT2D eigenvalue weighted by atomic mass is 32.1. The number of hydrogen-bond acceptors (Lipinski definition) is 6. The molecule has 0 atom stereocenters.